The predicted octanol–water partition coefficient (Wildman–Crippen LogP) is 1.07. The van der Waals surface area contributed by atoms with Crippen LogP contribution in [0.1, 0.15) is 18.4 Å². The second-order valence-corrected chi connectivity index (χ2v) is 3.66. The smallest absolute Gasteiger partial charge is 0.229 e. The summed E-state index contributed by atoms with van der Waals surface area (Å²) in [5.41, 5.74) is 5.79. The summed E-state index contributed by atoms with van der Waals surface area (Å²) in [4.78, 5) is 10.5. The fourth-order valence-electron chi connectivity index (χ4n) is 1.47. The van der Waals surface area contributed by atoms with Gasteiger partial charge < -0.3 is 15.2 Å². The lowest BCUT2D eigenvalue weighted by Gasteiger charge is -2.06. The van der Waals surface area contributed by atoms with Gasteiger partial charge in [-0.2, -0.15) is 0 Å². The van der Waals surface area contributed by atoms with Gasteiger partial charge in [0, 0.05) is 12.0 Å². The first kappa shape index (κ1) is 11.3. The van der Waals surface area contributed by atoms with Crippen LogP contribution >= 0.6 is 0 Å². The van der Waals surface area contributed by atoms with E-state index in [1.54, 1.807) is 0 Å². The van der Waals surface area contributed by atoms with Crippen molar-refractivity contribution in [1.29, 1.82) is 0 Å². The summed E-state index contributed by atoms with van der Waals surface area (Å²) in [6.07, 6.45) is 0.936. The van der Waals surface area contributed by atoms with E-state index in [0.29, 0.717) is 19.0 Å². The van der Waals surface area contributed by atoms with Crippen LogP contribution < -0.4 is 15.2 Å². The summed E-state index contributed by atoms with van der Waals surface area (Å²) in [6, 6.07) is 5.48. The Balaban J connectivity index is 2.16. The van der Waals surface area contributed by atoms with Crippen LogP contribution in [-0.2, 0) is 4.79 Å². The van der Waals surface area contributed by atoms with E-state index in [9.17, 15) is 4.79 Å². The van der Waals surface area contributed by atoms with E-state index < -0.39 is 5.91 Å². The van der Waals surface area contributed by atoms with Gasteiger partial charge in [-0.1, -0.05) is 11.8 Å². The molecule has 0 saturated heterocycles. The highest BCUT2D eigenvalue weighted by molar-refractivity contribution is 5.76. The molecule has 4 heteroatoms. The highest BCUT2D eigenvalue weighted by Gasteiger charge is 2.09. The molecule has 1 aliphatic rings. The summed E-state index contributed by atoms with van der Waals surface area (Å²) in [5.74, 6) is 6.58. The maximum Gasteiger partial charge on any atom is 0.229 e. The lowest BCUT2D eigenvalue weighted by molar-refractivity contribution is -0.117. The molecule has 0 saturated carbocycles. The van der Waals surface area contributed by atoms with E-state index in [4.69, 9.17) is 15.2 Å². The standard InChI is InChI=1S/C13H13NO3/c14-13(15)4-1-3-10-5-6-11-12(9-10)17-8-2-7-16-11/h5-6,9H,2,4,7-8H2,(H2,14,15). The number of amides is 1. The lowest BCUT2D eigenvalue weighted by Crippen LogP contribution is -2.08. The van der Waals surface area contributed by atoms with Crippen molar-refractivity contribution in [2.45, 2.75) is 12.8 Å². The molecule has 17 heavy (non-hydrogen) atoms. The largest absolute Gasteiger partial charge is 0.490 e. The Labute approximate surface area is 99.7 Å². The van der Waals surface area contributed by atoms with Crippen LogP contribution in [0.3, 0.4) is 0 Å². The highest BCUT2D eigenvalue weighted by atomic mass is 16.5. The molecule has 2 rings (SSSR count). The van der Waals surface area contributed by atoms with Crippen LogP contribution in [0.4, 0.5) is 0 Å². The first-order chi connectivity index (χ1) is 8.25. The van der Waals surface area contributed by atoms with E-state index in [1.807, 2.05) is 18.2 Å². The molecular weight excluding hydrogens is 218 g/mol. The highest BCUT2D eigenvalue weighted by Crippen LogP contribution is 2.29. The molecule has 0 bridgehead atoms. The maximum atomic E-state index is 10.5. The number of ether oxygens (including phenoxy) is 2. The van der Waals surface area contributed by atoms with Crippen LogP contribution in [0.15, 0.2) is 18.2 Å². The van der Waals surface area contributed by atoms with Crippen molar-refractivity contribution in [1.82, 2.24) is 0 Å². The second-order valence-electron chi connectivity index (χ2n) is 3.66. The first-order valence-corrected chi connectivity index (χ1v) is 5.42. The van der Waals surface area contributed by atoms with Crippen LogP contribution in [-0.4, -0.2) is 19.1 Å². The molecule has 1 aromatic rings. The minimum absolute atomic E-state index is 0.0639. The zero-order valence-electron chi connectivity index (χ0n) is 9.36. The number of fused-ring (bicyclic) bond motifs is 1. The summed E-state index contributed by atoms with van der Waals surface area (Å²) in [6.45, 7) is 1.31. The zero-order valence-corrected chi connectivity index (χ0v) is 9.36. The van der Waals surface area contributed by atoms with Gasteiger partial charge in [0.1, 0.15) is 0 Å². The van der Waals surface area contributed by atoms with E-state index in [1.165, 1.54) is 0 Å². The number of benzene rings is 1. The number of hydrogen-bond donors (Lipinski definition) is 1. The number of rotatable bonds is 1. The van der Waals surface area contributed by atoms with E-state index >= 15 is 0 Å². The molecule has 0 aliphatic carbocycles. The Hall–Kier alpha value is -2.15. The van der Waals surface area contributed by atoms with Crippen molar-refractivity contribution < 1.29 is 14.3 Å². The zero-order chi connectivity index (χ0) is 12.1. The monoisotopic (exact) mass is 231 g/mol. The van der Waals surface area contributed by atoms with Crippen molar-refractivity contribution >= 4 is 5.91 Å². The van der Waals surface area contributed by atoms with E-state index in [-0.39, 0.29) is 6.42 Å². The van der Waals surface area contributed by atoms with E-state index in [2.05, 4.69) is 11.8 Å². The lowest BCUT2D eigenvalue weighted by atomic mass is 10.2. The van der Waals surface area contributed by atoms with Gasteiger partial charge in [0.2, 0.25) is 5.91 Å². The van der Waals surface area contributed by atoms with Gasteiger partial charge in [-0.15, -0.1) is 0 Å². The predicted molar refractivity (Wildman–Crippen MR) is 62.7 cm³/mol. The Morgan fingerprint density at radius 1 is 1.29 bits per heavy atom. The Bertz CT molecular complexity index is 485. The fourth-order valence-corrected chi connectivity index (χ4v) is 1.47. The van der Waals surface area contributed by atoms with Crippen molar-refractivity contribution in [3.8, 4) is 23.3 Å². The minimum atomic E-state index is -0.424. The molecule has 2 N–H and O–H groups in total. The quantitative estimate of drug-likeness (QED) is 0.735. The third-order valence-corrected chi connectivity index (χ3v) is 2.24. The van der Waals surface area contributed by atoms with Crippen LogP contribution in [0, 0.1) is 11.8 Å². The molecule has 88 valence electrons. The van der Waals surface area contributed by atoms with Gasteiger partial charge in [-0.25, -0.2) is 0 Å². The molecule has 0 atom stereocenters. The number of primary amides is 1. The minimum Gasteiger partial charge on any atom is -0.490 e. The number of carbonyl (C=O) groups is 1. The summed E-state index contributed by atoms with van der Waals surface area (Å²) in [7, 11) is 0. The van der Waals surface area contributed by atoms with Crippen molar-refractivity contribution in [3.63, 3.8) is 0 Å². The van der Waals surface area contributed by atoms with Gasteiger partial charge in [-0.3, -0.25) is 4.79 Å². The first-order valence-electron chi connectivity index (χ1n) is 5.42. The third kappa shape index (κ3) is 3.15. The van der Waals surface area contributed by atoms with Crippen LogP contribution in [0.5, 0.6) is 11.5 Å². The Kier molecular flexibility index (Phi) is 3.51. The molecule has 0 fully saturated rings. The molecule has 1 heterocycles. The number of nitrogens with two attached hydrogens (primary N) is 1. The van der Waals surface area contributed by atoms with Gasteiger partial charge in [0.05, 0.1) is 19.6 Å². The summed E-state index contributed by atoms with van der Waals surface area (Å²) in [5, 5.41) is 0. The second kappa shape index (κ2) is 5.26. The topological polar surface area (TPSA) is 61.6 Å². The third-order valence-electron chi connectivity index (χ3n) is 2.24. The Morgan fingerprint density at radius 2 is 2.06 bits per heavy atom. The SMILES string of the molecule is NC(=O)CC#Cc1ccc2c(c1)OCCCO2. The molecule has 1 aliphatic heterocycles. The molecule has 0 spiro atoms. The average molecular weight is 231 g/mol. The maximum absolute atomic E-state index is 10.5. The Morgan fingerprint density at radius 3 is 2.82 bits per heavy atom. The fraction of sp³-hybridized carbons (Fsp3) is 0.308. The molecule has 0 radical (unpaired) electrons. The average Bonchev–Trinajstić information content (AvgIpc) is 2.53. The molecule has 1 aromatic carbocycles. The van der Waals surface area contributed by atoms with Crippen molar-refractivity contribution in [2.75, 3.05) is 13.2 Å². The van der Waals surface area contributed by atoms with Crippen molar-refractivity contribution in [2.24, 2.45) is 5.73 Å². The summed E-state index contributed by atoms with van der Waals surface area (Å²) >= 11 is 0. The normalized spacial score (nSPS) is 13.2. The number of carbonyl (C=O) groups excluding carboxylic acids is 1. The van der Waals surface area contributed by atoms with Crippen molar-refractivity contribution in [3.05, 3.63) is 23.8 Å². The van der Waals surface area contributed by atoms with Gasteiger partial charge >= 0.3 is 0 Å². The van der Waals surface area contributed by atoms with Crippen LogP contribution in [0.25, 0.3) is 0 Å². The number of hydrogen-bond acceptors (Lipinski definition) is 3. The molecule has 1 amide bonds. The molecule has 0 unspecified atom stereocenters. The van der Waals surface area contributed by atoms with Gasteiger partial charge in [0.15, 0.2) is 11.5 Å². The van der Waals surface area contributed by atoms with Gasteiger partial charge in [-0.05, 0) is 18.2 Å². The molecule has 0 aromatic heterocycles. The van der Waals surface area contributed by atoms with Gasteiger partial charge in [0.25, 0.3) is 0 Å². The van der Waals surface area contributed by atoms with Crippen LogP contribution in [0.2, 0.25) is 0 Å². The summed E-state index contributed by atoms with van der Waals surface area (Å²) < 4.78 is 11.0. The molecular formula is C13H13NO3. The molecule has 4 nitrogen and oxygen atoms in total. The van der Waals surface area contributed by atoms with E-state index in [0.717, 1.165) is 17.7 Å².